The summed E-state index contributed by atoms with van der Waals surface area (Å²) in [6, 6.07) is 14.7. The second kappa shape index (κ2) is 7.89. The van der Waals surface area contributed by atoms with E-state index in [0.29, 0.717) is 27.3 Å². The van der Waals surface area contributed by atoms with E-state index in [4.69, 9.17) is 9.47 Å². The molecule has 146 valence electrons. The van der Waals surface area contributed by atoms with Gasteiger partial charge >= 0.3 is 0 Å². The number of ether oxygens (including phenoxy) is 2. The highest BCUT2D eigenvalue weighted by Crippen LogP contribution is 2.30. The number of nitrogens with zero attached hydrogens (tertiary/aromatic N) is 2. The molecule has 4 rings (SSSR count). The molecule has 0 fully saturated rings. The second-order valence-corrected chi connectivity index (χ2v) is 7.22. The maximum atomic E-state index is 13.1. The highest BCUT2D eigenvalue weighted by atomic mass is 32.1. The van der Waals surface area contributed by atoms with Crippen molar-refractivity contribution in [2.24, 2.45) is 0 Å². The normalized spacial score (nSPS) is 10.8. The fourth-order valence-electron chi connectivity index (χ4n) is 3.18. The van der Waals surface area contributed by atoms with Gasteiger partial charge in [0.05, 0.1) is 38.0 Å². The van der Waals surface area contributed by atoms with Crippen LogP contribution in [0, 0.1) is 0 Å². The molecule has 2 aromatic heterocycles. The average molecular weight is 406 g/mol. The van der Waals surface area contributed by atoms with Crippen molar-refractivity contribution in [2.45, 2.75) is 6.54 Å². The molecule has 0 atom stereocenters. The molecule has 2 aromatic carbocycles. The fraction of sp³-hybridized carbons (Fsp3) is 0.136. The molecule has 0 N–H and O–H groups in total. The number of carbonyl (C=O) groups is 1. The van der Waals surface area contributed by atoms with Gasteiger partial charge in [-0.05, 0) is 23.8 Å². The van der Waals surface area contributed by atoms with Gasteiger partial charge in [0.15, 0.2) is 5.78 Å². The highest BCUT2D eigenvalue weighted by Gasteiger charge is 2.18. The lowest BCUT2D eigenvalue weighted by molar-refractivity contribution is 0.0967. The van der Waals surface area contributed by atoms with E-state index in [-0.39, 0.29) is 17.9 Å². The average Bonchev–Trinajstić information content (AvgIpc) is 3.20. The molecule has 0 bridgehead atoms. The molecule has 0 spiro atoms. The third kappa shape index (κ3) is 3.52. The lowest BCUT2D eigenvalue weighted by atomic mass is 10.1. The summed E-state index contributed by atoms with van der Waals surface area (Å²) in [6.45, 7) is -0.143. The van der Waals surface area contributed by atoms with Gasteiger partial charge in [0.2, 0.25) is 0 Å². The van der Waals surface area contributed by atoms with Gasteiger partial charge in [-0.15, -0.1) is 11.3 Å². The Morgan fingerprint density at radius 3 is 2.62 bits per heavy atom. The Kier molecular flexibility index (Phi) is 5.14. The molecule has 4 aromatic rings. The third-order valence-corrected chi connectivity index (χ3v) is 5.55. The van der Waals surface area contributed by atoms with E-state index >= 15 is 0 Å². The van der Waals surface area contributed by atoms with E-state index in [0.717, 1.165) is 11.1 Å². The van der Waals surface area contributed by atoms with Crippen LogP contribution in [0.15, 0.2) is 65.0 Å². The number of Topliss-reactive ketones (excluding diaryl/α,β-unsaturated/α-hetero) is 1. The minimum Gasteiger partial charge on any atom is -0.497 e. The molecular weight excluding hydrogens is 388 g/mol. The largest absolute Gasteiger partial charge is 0.497 e. The Bertz CT molecular complexity index is 1240. The number of methoxy groups -OCH3 is 2. The van der Waals surface area contributed by atoms with E-state index in [1.54, 1.807) is 18.2 Å². The summed E-state index contributed by atoms with van der Waals surface area (Å²) >= 11 is 1.41. The molecule has 0 aliphatic carbocycles. The van der Waals surface area contributed by atoms with Crippen LogP contribution in [0.5, 0.6) is 11.5 Å². The van der Waals surface area contributed by atoms with Crippen molar-refractivity contribution in [3.05, 3.63) is 76.2 Å². The second-order valence-electron chi connectivity index (χ2n) is 6.36. The number of hydrogen-bond donors (Lipinski definition) is 0. The van der Waals surface area contributed by atoms with E-state index in [2.05, 4.69) is 4.98 Å². The van der Waals surface area contributed by atoms with Crippen LogP contribution in [0.1, 0.15) is 10.4 Å². The maximum absolute atomic E-state index is 13.1. The number of benzene rings is 2. The number of aromatic nitrogens is 2. The van der Waals surface area contributed by atoms with Crippen LogP contribution in [0.25, 0.3) is 21.3 Å². The van der Waals surface area contributed by atoms with Crippen molar-refractivity contribution in [3.8, 4) is 22.6 Å². The first-order valence-corrected chi connectivity index (χ1v) is 9.77. The SMILES string of the molecule is COc1ccc(OC)c(C(=O)Cn2cnc3scc(-c4ccccc4)c3c2=O)c1. The smallest absolute Gasteiger partial charge is 0.263 e. The number of carbonyl (C=O) groups excluding carboxylic acids is 1. The van der Waals surface area contributed by atoms with Gasteiger partial charge in [-0.1, -0.05) is 30.3 Å². The molecule has 0 amide bonds. The Morgan fingerprint density at radius 2 is 1.90 bits per heavy atom. The Hall–Kier alpha value is -3.45. The first kappa shape index (κ1) is 18.9. The zero-order valence-corrected chi connectivity index (χ0v) is 16.7. The summed E-state index contributed by atoms with van der Waals surface area (Å²) in [5.41, 5.74) is 1.87. The molecule has 2 heterocycles. The number of hydrogen-bond acceptors (Lipinski definition) is 6. The molecule has 0 unspecified atom stereocenters. The van der Waals surface area contributed by atoms with Crippen molar-refractivity contribution >= 4 is 27.3 Å². The van der Waals surface area contributed by atoms with Crippen LogP contribution in [-0.2, 0) is 6.54 Å². The number of fused-ring (bicyclic) bond motifs is 1. The lowest BCUT2D eigenvalue weighted by Gasteiger charge is -2.11. The predicted molar refractivity (Wildman–Crippen MR) is 113 cm³/mol. The van der Waals surface area contributed by atoms with Crippen LogP contribution in [-0.4, -0.2) is 29.6 Å². The summed E-state index contributed by atoms with van der Waals surface area (Å²) in [4.78, 5) is 31.1. The van der Waals surface area contributed by atoms with Gasteiger partial charge in [0.25, 0.3) is 5.56 Å². The molecule has 7 heteroatoms. The van der Waals surface area contributed by atoms with E-state index in [1.165, 1.54) is 36.5 Å². The standard InChI is InChI=1S/C22H18N2O4S/c1-27-15-8-9-19(28-2)16(10-15)18(25)11-24-13-23-21-20(22(24)26)17(12-29-21)14-6-4-3-5-7-14/h3-10,12-13H,11H2,1-2H3. The minimum absolute atomic E-state index is 0.143. The highest BCUT2D eigenvalue weighted by molar-refractivity contribution is 7.17. The molecule has 0 saturated carbocycles. The minimum atomic E-state index is -0.263. The molecule has 0 aliphatic heterocycles. The first-order chi connectivity index (χ1) is 14.1. The van der Waals surface area contributed by atoms with Crippen LogP contribution in [0.4, 0.5) is 0 Å². The molecule has 6 nitrogen and oxygen atoms in total. The number of rotatable bonds is 6. The number of ketones is 1. The van der Waals surface area contributed by atoms with Gasteiger partial charge in [-0.3, -0.25) is 14.2 Å². The van der Waals surface area contributed by atoms with Crippen LogP contribution >= 0.6 is 11.3 Å². The Balaban J connectivity index is 1.75. The van der Waals surface area contributed by atoms with Crippen molar-refractivity contribution < 1.29 is 14.3 Å². The van der Waals surface area contributed by atoms with E-state index in [1.807, 2.05) is 35.7 Å². The number of thiophene rings is 1. The molecule has 0 aliphatic rings. The molecular formula is C22H18N2O4S. The van der Waals surface area contributed by atoms with Crippen molar-refractivity contribution in [2.75, 3.05) is 14.2 Å². The Morgan fingerprint density at radius 1 is 1.10 bits per heavy atom. The fourth-order valence-corrected chi connectivity index (χ4v) is 4.09. The Labute approximate surface area is 171 Å². The van der Waals surface area contributed by atoms with Crippen molar-refractivity contribution in [3.63, 3.8) is 0 Å². The van der Waals surface area contributed by atoms with E-state index in [9.17, 15) is 9.59 Å². The van der Waals surface area contributed by atoms with Gasteiger partial charge < -0.3 is 9.47 Å². The first-order valence-electron chi connectivity index (χ1n) is 8.89. The zero-order valence-electron chi connectivity index (χ0n) is 15.9. The summed E-state index contributed by atoms with van der Waals surface area (Å²) in [5.74, 6) is 0.707. The van der Waals surface area contributed by atoms with Gasteiger partial charge in [-0.25, -0.2) is 4.98 Å². The molecule has 0 saturated heterocycles. The van der Waals surface area contributed by atoms with Crippen LogP contribution < -0.4 is 15.0 Å². The van der Waals surface area contributed by atoms with Gasteiger partial charge in [0, 0.05) is 10.9 Å². The van der Waals surface area contributed by atoms with Gasteiger partial charge in [0.1, 0.15) is 16.3 Å². The van der Waals surface area contributed by atoms with Crippen molar-refractivity contribution in [1.29, 1.82) is 0 Å². The summed E-state index contributed by atoms with van der Waals surface area (Å²) in [7, 11) is 3.02. The maximum Gasteiger partial charge on any atom is 0.263 e. The topological polar surface area (TPSA) is 70.4 Å². The predicted octanol–water partition coefficient (Wildman–Crippen LogP) is 4.03. The van der Waals surface area contributed by atoms with Crippen LogP contribution in [0.3, 0.4) is 0 Å². The quantitative estimate of drug-likeness (QED) is 0.452. The lowest BCUT2D eigenvalue weighted by Crippen LogP contribution is -2.24. The monoisotopic (exact) mass is 406 g/mol. The molecule has 29 heavy (non-hydrogen) atoms. The van der Waals surface area contributed by atoms with Crippen LogP contribution in [0.2, 0.25) is 0 Å². The zero-order chi connectivity index (χ0) is 20.4. The van der Waals surface area contributed by atoms with Crippen molar-refractivity contribution in [1.82, 2.24) is 9.55 Å². The van der Waals surface area contributed by atoms with E-state index < -0.39 is 0 Å². The summed E-state index contributed by atoms with van der Waals surface area (Å²) < 4.78 is 11.8. The van der Waals surface area contributed by atoms with Gasteiger partial charge in [-0.2, -0.15) is 0 Å². The summed E-state index contributed by atoms with van der Waals surface area (Å²) in [5, 5.41) is 2.44. The molecule has 0 radical (unpaired) electrons. The third-order valence-electron chi connectivity index (χ3n) is 4.67. The summed E-state index contributed by atoms with van der Waals surface area (Å²) in [6.07, 6.45) is 1.42.